The van der Waals surface area contributed by atoms with Gasteiger partial charge < -0.3 is 15.1 Å². The molecule has 2 rings (SSSR count). The zero-order valence-electron chi connectivity index (χ0n) is 12.0. The van der Waals surface area contributed by atoms with Gasteiger partial charge in [-0.1, -0.05) is 30.3 Å². The predicted octanol–water partition coefficient (Wildman–Crippen LogP) is 3.10. The number of benzene rings is 1. The van der Waals surface area contributed by atoms with E-state index < -0.39 is 0 Å². The van der Waals surface area contributed by atoms with Gasteiger partial charge in [0.25, 0.3) is 0 Å². The molecular formula is C16H21N3O. The minimum absolute atomic E-state index is 0.467. The third-order valence-corrected chi connectivity index (χ3v) is 3.20. The molecule has 0 aliphatic rings. The summed E-state index contributed by atoms with van der Waals surface area (Å²) >= 11 is 0. The molecule has 0 aliphatic heterocycles. The smallest absolute Gasteiger partial charge is 0.191 e. The molecular weight excluding hydrogens is 250 g/mol. The van der Waals surface area contributed by atoms with Crippen LogP contribution in [0.5, 0.6) is 0 Å². The Morgan fingerprint density at radius 2 is 1.80 bits per heavy atom. The molecule has 0 unspecified atom stereocenters. The molecule has 2 N–H and O–H groups in total. The molecule has 2 aromatic rings. The molecule has 0 fully saturated rings. The van der Waals surface area contributed by atoms with E-state index in [-0.39, 0.29) is 0 Å². The van der Waals surface area contributed by atoms with E-state index in [1.807, 2.05) is 47.4 Å². The number of aliphatic imine (C=N–C) groups is 1. The summed E-state index contributed by atoms with van der Waals surface area (Å²) in [6, 6.07) is 13.9. The molecule has 0 radical (unpaired) electrons. The van der Waals surface area contributed by atoms with Gasteiger partial charge in [-0.15, -0.1) is 0 Å². The standard InChI is InChI=1S/C16H21N3O/c1-3-19(4-2)16(17)18-12-14-10-11-15(20-14)13-8-6-5-7-9-13/h5-11H,3-4,12H2,1-2H3,(H2,17,18). The predicted molar refractivity (Wildman–Crippen MR) is 82.4 cm³/mol. The highest BCUT2D eigenvalue weighted by Gasteiger charge is 2.05. The van der Waals surface area contributed by atoms with Crippen LogP contribution in [0.1, 0.15) is 19.6 Å². The van der Waals surface area contributed by atoms with Gasteiger partial charge in [-0.25, -0.2) is 4.99 Å². The number of guanidine groups is 1. The second-order valence-corrected chi connectivity index (χ2v) is 4.48. The number of rotatable bonds is 5. The lowest BCUT2D eigenvalue weighted by Gasteiger charge is -2.18. The van der Waals surface area contributed by atoms with Crippen LogP contribution in [0.25, 0.3) is 11.3 Å². The van der Waals surface area contributed by atoms with E-state index in [0.29, 0.717) is 12.5 Å². The monoisotopic (exact) mass is 271 g/mol. The Balaban J connectivity index is 2.05. The van der Waals surface area contributed by atoms with Crippen LogP contribution in [0.4, 0.5) is 0 Å². The normalized spacial score (nSPS) is 11.6. The molecule has 0 aliphatic carbocycles. The fraction of sp³-hybridized carbons (Fsp3) is 0.312. The average molecular weight is 271 g/mol. The van der Waals surface area contributed by atoms with E-state index >= 15 is 0 Å². The van der Waals surface area contributed by atoms with Crippen LogP contribution in [0.2, 0.25) is 0 Å². The zero-order chi connectivity index (χ0) is 14.4. The molecule has 0 amide bonds. The number of hydrogen-bond acceptors (Lipinski definition) is 2. The van der Waals surface area contributed by atoms with Crippen LogP contribution in [0.15, 0.2) is 51.9 Å². The van der Waals surface area contributed by atoms with Crippen molar-refractivity contribution < 1.29 is 4.42 Å². The molecule has 1 heterocycles. The van der Waals surface area contributed by atoms with Crippen molar-refractivity contribution in [2.45, 2.75) is 20.4 Å². The lowest BCUT2D eigenvalue weighted by molar-refractivity contribution is 0.455. The lowest BCUT2D eigenvalue weighted by Crippen LogP contribution is -2.36. The summed E-state index contributed by atoms with van der Waals surface area (Å²) in [5, 5.41) is 0. The first-order valence-corrected chi connectivity index (χ1v) is 6.93. The summed E-state index contributed by atoms with van der Waals surface area (Å²) in [6.45, 7) is 6.31. The van der Waals surface area contributed by atoms with Crippen molar-refractivity contribution >= 4 is 5.96 Å². The molecule has 0 saturated heterocycles. The Kier molecular flexibility index (Phi) is 4.82. The largest absolute Gasteiger partial charge is 0.459 e. The van der Waals surface area contributed by atoms with E-state index in [2.05, 4.69) is 18.8 Å². The maximum Gasteiger partial charge on any atom is 0.191 e. The van der Waals surface area contributed by atoms with Gasteiger partial charge in [0.15, 0.2) is 5.96 Å². The number of hydrogen-bond donors (Lipinski definition) is 1. The number of nitrogens with two attached hydrogens (primary N) is 1. The fourth-order valence-corrected chi connectivity index (χ4v) is 2.03. The molecule has 20 heavy (non-hydrogen) atoms. The lowest BCUT2D eigenvalue weighted by atomic mass is 10.2. The van der Waals surface area contributed by atoms with Gasteiger partial charge in [-0.3, -0.25) is 0 Å². The van der Waals surface area contributed by atoms with Gasteiger partial charge in [0.1, 0.15) is 18.1 Å². The first-order chi connectivity index (χ1) is 9.74. The van der Waals surface area contributed by atoms with Gasteiger partial charge in [0, 0.05) is 18.7 Å². The van der Waals surface area contributed by atoms with E-state index in [9.17, 15) is 0 Å². The summed E-state index contributed by atoms with van der Waals surface area (Å²) in [5.41, 5.74) is 7.01. The molecule has 106 valence electrons. The zero-order valence-corrected chi connectivity index (χ0v) is 12.0. The van der Waals surface area contributed by atoms with Crippen molar-refractivity contribution in [3.63, 3.8) is 0 Å². The van der Waals surface area contributed by atoms with Crippen molar-refractivity contribution in [2.24, 2.45) is 10.7 Å². The van der Waals surface area contributed by atoms with Crippen molar-refractivity contribution in [3.8, 4) is 11.3 Å². The first-order valence-electron chi connectivity index (χ1n) is 6.93. The van der Waals surface area contributed by atoms with Gasteiger partial charge in [-0.2, -0.15) is 0 Å². The van der Waals surface area contributed by atoms with Gasteiger partial charge in [0.05, 0.1) is 0 Å². The SMILES string of the molecule is CCN(CC)C(N)=NCc1ccc(-c2ccccc2)o1. The van der Waals surface area contributed by atoms with Crippen LogP contribution < -0.4 is 5.73 Å². The van der Waals surface area contributed by atoms with Gasteiger partial charge in [0.2, 0.25) is 0 Å². The second kappa shape index (κ2) is 6.80. The van der Waals surface area contributed by atoms with Crippen molar-refractivity contribution in [1.29, 1.82) is 0 Å². The van der Waals surface area contributed by atoms with Crippen LogP contribution in [-0.2, 0) is 6.54 Å². The minimum Gasteiger partial charge on any atom is -0.459 e. The fourth-order valence-electron chi connectivity index (χ4n) is 2.03. The van der Waals surface area contributed by atoms with Crippen LogP contribution in [0, 0.1) is 0 Å². The Morgan fingerprint density at radius 3 is 2.45 bits per heavy atom. The highest BCUT2D eigenvalue weighted by molar-refractivity contribution is 5.77. The molecule has 4 heteroatoms. The molecule has 4 nitrogen and oxygen atoms in total. The van der Waals surface area contributed by atoms with Crippen LogP contribution in [-0.4, -0.2) is 23.9 Å². The third kappa shape index (κ3) is 3.41. The quantitative estimate of drug-likeness (QED) is 0.671. The maximum absolute atomic E-state index is 5.94. The third-order valence-electron chi connectivity index (χ3n) is 3.20. The topological polar surface area (TPSA) is 54.8 Å². The number of nitrogens with zero attached hydrogens (tertiary/aromatic N) is 2. The van der Waals surface area contributed by atoms with Gasteiger partial charge in [-0.05, 0) is 26.0 Å². The first kappa shape index (κ1) is 14.2. The molecule has 0 spiro atoms. The van der Waals surface area contributed by atoms with E-state index in [1.165, 1.54) is 0 Å². The van der Waals surface area contributed by atoms with E-state index in [1.54, 1.807) is 0 Å². The number of furan rings is 1. The summed E-state index contributed by atoms with van der Waals surface area (Å²) in [7, 11) is 0. The van der Waals surface area contributed by atoms with E-state index in [0.717, 1.165) is 30.2 Å². The molecule has 0 saturated carbocycles. The maximum atomic E-state index is 5.94. The summed E-state index contributed by atoms with van der Waals surface area (Å²) in [4.78, 5) is 6.38. The van der Waals surface area contributed by atoms with Crippen LogP contribution >= 0.6 is 0 Å². The molecule has 1 aromatic carbocycles. The highest BCUT2D eigenvalue weighted by atomic mass is 16.3. The summed E-state index contributed by atoms with van der Waals surface area (Å²) < 4.78 is 5.79. The Hall–Kier alpha value is -2.23. The Morgan fingerprint density at radius 1 is 1.10 bits per heavy atom. The highest BCUT2D eigenvalue weighted by Crippen LogP contribution is 2.21. The average Bonchev–Trinajstić information content (AvgIpc) is 2.96. The Bertz CT molecular complexity index is 556. The Labute approximate surface area is 119 Å². The van der Waals surface area contributed by atoms with Crippen molar-refractivity contribution in [1.82, 2.24) is 4.90 Å². The molecule has 0 atom stereocenters. The summed E-state index contributed by atoms with van der Waals surface area (Å²) in [5.74, 6) is 2.24. The van der Waals surface area contributed by atoms with Crippen molar-refractivity contribution in [3.05, 3.63) is 48.2 Å². The summed E-state index contributed by atoms with van der Waals surface area (Å²) in [6.07, 6.45) is 0. The van der Waals surface area contributed by atoms with E-state index in [4.69, 9.17) is 10.2 Å². The molecule has 1 aromatic heterocycles. The van der Waals surface area contributed by atoms with Crippen molar-refractivity contribution in [2.75, 3.05) is 13.1 Å². The van der Waals surface area contributed by atoms with Crippen LogP contribution in [0.3, 0.4) is 0 Å². The second-order valence-electron chi connectivity index (χ2n) is 4.48. The molecule has 0 bridgehead atoms. The van der Waals surface area contributed by atoms with Gasteiger partial charge >= 0.3 is 0 Å². The minimum atomic E-state index is 0.467.